The van der Waals surface area contributed by atoms with Crippen LogP contribution in [0.15, 0.2) is 48.1 Å². The van der Waals surface area contributed by atoms with Gasteiger partial charge in [-0.3, -0.25) is 19.0 Å². The fraction of sp³-hybridized carbons (Fsp3) is 0.0909. The Hall–Kier alpha value is -3.17. The third-order valence-corrected chi connectivity index (χ3v) is 4.25. The van der Waals surface area contributed by atoms with E-state index < -0.39 is 36.6 Å². The molecule has 0 aliphatic heterocycles. The molecule has 0 radical (unpaired) electrons. The fourth-order valence-corrected chi connectivity index (χ4v) is 2.88. The number of fused-ring (bicyclic) bond motifs is 1. The average Bonchev–Trinajstić information content (AvgIpc) is 2.55. The Labute approximate surface area is 127 Å². The molecule has 0 saturated heterocycles. The minimum atomic E-state index is -4.29. The van der Waals surface area contributed by atoms with Gasteiger partial charge in [0, 0.05) is 10.8 Å². The summed E-state index contributed by atoms with van der Waals surface area (Å²) >= 11 is 0. The largest absolute Gasteiger partial charge is 0.362 e. The van der Waals surface area contributed by atoms with Crippen LogP contribution in [0.1, 0.15) is 0 Å². The minimum Gasteiger partial charge on any atom is -0.362 e. The van der Waals surface area contributed by atoms with E-state index in [9.17, 15) is 18.0 Å². The van der Waals surface area contributed by atoms with E-state index in [0.29, 0.717) is 0 Å². The van der Waals surface area contributed by atoms with Crippen molar-refractivity contribution < 1.29 is 12.6 Å². The Morgan fingerprint density at radius 1 is 1.22 bits per heavy atom. The topological polar surface area (TPSA) is 165 Å². The highest BCUT2D eigenvalue weighted by Crippen LogP contribution is 2.18. The van der Waals surface area contributed by atoms with Crippen molar-refractivity contribution in [2.75, 3.05) is 7.11 Å². The molecule has 0 aromatic heterocycles. The summed E-state index contributed by atoms with van der Waals surface area (Å²) < 4.78 is 28.4. The third kappa shape index (κ3) is 2.54. The average molecular weight is 334 g/mol. The van der Waals surface area contributed by atoms with Crippen LogP contribution in [0.2, 0.25) is 0 Å². The molecule has 0 saturated carbocycles. The first-order valence-electron chi connectivity index (χ1n) is 5.76. The zero-order valence-electron chi connectivity index (χ0n) is 11.4. The predicted octanol–water partition coefficient (Wildman–Crippen LogP) is -0.723. The molecule has 0 fully saturated rings. The van der Waals surface area contributed by atoms with Crippen LogP contribution in [0.4, 0.5) is 0 Å². The first-order chi connectivity index (χ1) is 10.9. The lowest BCUT2D eigenvalue weighted by Gasteiger charge is -2.05. The van der Waals surface area contributed by atoms with Crippen LogP contribution >= 0.6 is 0 Å². The highest BCUT2D eigenvalue weighted by Gasteiger charge is 2.22. The normalized spacial score (nSPS) is 13.2. The maximum atomic E-state index is 12.1. The third-order valence-electron chi connectivity index (χ3n) is 2.93. The SMILES string of the molecule is COS(=O)(=O)c1cccc2c(=O)c(=O)c(=NN=[N-])c(=N[N+]#N)c12. The van der Waals surface area contributed by atoms with Crippen LogP contribution in [0, 0.1) is 5.39 Å². The van der Waals surface area contributed by atoms with Crippen molar-refractivity contribution in [3.63, 3.8) is 0 Å². The highest BCUT2D eigenvalue weighted by molar-refractivity contribution is 7.87. The van der Waals surface area contributed by atoms with Crippen molar-refractivity contribution in [1.82, 2.24) is 0 Å². The molecule has 0 aliphatic rings. The molecule has 0 N–H and O–H groups in total. The van der Waals surface area contributed by atoms with Gasteiger partial charge in [0.1, 0.15) is 4.90 Å². The molecule has 0 atom stereocenters. The van der Waals surface area contributed by atoms with Crippen LogP contribution in [0.5, 0.6) is 0 Å². The molecule has 12 heteroatoms. The second-order valence-electron chi connectivity index (χ2n) is 4.03. The summed E-state index contributed by atoms with van der Waals surface area (Å²) in [5.74, 6) is 0. The maximum Gasteiger partial charge on any atom is 0.339 e. The standard InChI is InChI=1S/C11H6N6O5S/c1-22-23(20,21)6-4-2-3-5-7(6)8(14-16-12)9(15-17-13)11(19)10(5)18/h2-4H,1H3. The smallest absolute Gasteiger partial charge is 0.339 e. The summed E-state index contributed by atoms with van der Waals surface area (Å²) in [7, 11) is -3.39. The predicted molar refractivity (Wildman–Crippen MR) is 75.1 cm³/mol. The Morgan fingerprint density at radius 3 is 2.48 bits per heavy atom. The van der Waals surface area contributed by atoms with Gasteiger partial charge in [0.25, 0.3) is 15.5 Å². The van der Waals surface area contributed by atoms with E-state index in [1.165, 1.54) is 12.1 Å². The number of hydrogen-bond acceptors (Lipinski definition) is 8. The van der Waals surface area contributed by atoms with E-state index in [1.54, 1.807) is 0 Å². The Balaban J connectivity index is 3.41. The molecule has 0 heterocycles. The monoisotopic (exact) mass is 334 g/mol. The zero-order chi connectivity index (χ0) is 17.2. The molecule has 2 rings (SSSR count). The molecule has 2 aromatic carbocycles. The molecule has 11 nitrogen and oxygen atoms in total. The van der Waals surface area contributed by atoms with Gasteiger partial charge in [-0.05, 0) is 6.07 Å². The van der Waals surface area contributed by atoms with Crippen molar-refractivity contribution in [1.29, 1.82) is 5.39 Å². The molecule has 0 aliphatic carbocycles. The molecule has 116 valence electrons. The fourth-order valence-electron chi connectivity index (χ4n) is 2.00. The van der Waals surface area contributed by atoms with E-state index in [4.69, 9.17) is 10.9 Å². The van der Waals surface area contributed by atoms with E-state index in [0.717, 1.165) is 13.2 Å². The summed E-state index contributed by atoms with van der Waals surface area (Å²) in [4.78, 5) is 23.5. The van der Waals surface area contributed by atoms with Crippen molar-refractivity contribution in [3.8, 4) is 0 Å². The Bertz CT molecular complexity index is 1180. The van der Waals surface area contributed by atoms with E-state index in [1.807, 2.05) is 0 Å². The summed E-state index contributed by atoms with van der Waals surface area (Å²) in [5.41, 5.74) is 6.22. The summed E-state index contributed by atoms with van der Waals surface area (Å²) in [6.07, 6.45) is 0. The van der Waals surface area contributed by atoms with Gasteiger partial charge in [-0.25, -0.2) is 0 Å². The van der Waals surface area contributed by atoms with E-state index in [2.05, 4.69) is 24.7 Å². The summed E-state index contributed by atoms with van der Waals surface area (Å²) in [6, 6.07) is 3.51. The lowest BCUT2D eigenvalue weighted by Crippen LogP contribution is -2.48. The van der Waals surface area contributed by atoms with Crippen molar-refractivity contribution >= 4 is 20.9 Å². The van der Waals surface area contributed by atoms with Crippen LogP contribution in [0.3, 0.4) is 0 Å². The maximum absolute atomic E-state index is 12.1. The number of rotatable bonds is 3. The van der Waals surface area contributed by atoms with E-state index >= 15 is 0 Å². The molecular weight excluding hydrogens is 328 g/mol. The number of hydrogen-bond donors (Lipinski definition) is 0. The first-order valence-corrected chi connectivity index (χ1v) is 7.17. The summed E-state index contributed by atoms with van der Waals surface area (Å²) in [6.45, 7) is 0. The quantitative estimate of drug-likeness (QED) is 0.236. The molecule has 0 spiro atoms. The number of nitrogens with zero attached hydrogens (tertiary/aromatic N) is 6. The lowest BCUT2D eigenvalue weighted by atomic mass is 10.1. The van der Waals surface area contributed by atoms with Crippen molar-refractivity contribution in [3.05, 3.63) is 60.0 Å². The molecule has 0 bridgehead atoms. The van der Waals surface area contributed by atoms with Gasteiger partial charge in [-0.2, -0.15) is 8.42 Å². The van der Waals surface area contributed by atoms with Gasteiger partial charge in [-0.15, -0.1) is 0 Å². The highest BCUT2D eigenvalue weighted by atomic mass is 32.2. The van der Waals surface area contributed by atoms with Crippen molar-refractivity contribution in [2.24, 2.45) is 15.4 Å². The molecular formula is C11H6N6O5S. The minimum absolute atomic E-state index is 0.299. The van der Waals surface area contributed by atoms with Gasteiger partial charge in [0.05, 0.1) is 12.5 Å². The summed E-state index contributed by atoms with van der Waals surface area (Å²) in [5, 5.41) is 17.8. The van der Waals surface area contributed by atoms with Gasteiger partial charge in [-0.1, -0.05) is 12.1 Å². The second-order valence-corrected chi connectivity index (χ2v) is 5.72. The molecule has 23 heavy (non-hydrogen) atoms. The number of benzene rings is 2. The van der Waals surface area contributed by atoms with Crippen LogP contribution in [0.25, 0.3) is 21.4 Å². The van der Waals surface area contributed by atoms with Gasteiger partial charge < -0.3 is 10.6 Å². The Kier molecular flexibility index (Phi) is 4.16. The van der Waals surface area contributed by atoms with E-state index in [-0.39, 0.29) is 10.8 Å². The van der Waals surface area contributed by atoms with Crippen LogP contribution in [-0.2, 0) is 14.3 Å². The van der Waals surface area contributed by atoms with Crippen LogP contribution < -0.4 is 21.6 Å². The molecule has 0 amide bonds. The van der Waals surface area contributed by atoms with Crippen molar-refractivity contribution in [2.45, 2.75) is 4.90 Å². The lowest BCUT2D eigenvalue weighted by molar-refractivity contribution is 0.398. The van der Waals surface area contributed by atoms with Gasteiger partial charge in [0.2, 0.25) is 10.9 Å². The molecule has 0 unspecified atom stereocenters. The molecule has 2 aromatic rings. The first kappa shape index (κ1) is 16.2. The Morgan fingerprint density at radius 2 is 1.91 bits per heavy atom. The zero-order valence-corrected chi connectivity index (χ0v) is 12.2. The van der Waals surface area contributed by atoms with Gasteiger partial charge in [0.15, 0.2) is 10.5 Å². The van der Waals surface area contributed by atoms with Gasteiger partial charge >= 0.3 is 5.08 Å². The van der Waals surface area contributed by atoms with Crippen LogP contribution in [-0.4, -0.2) is 15.5 Å². The second kappa shape index (κ2) is 5.91. The number of diazo groups is 1.